The minimum absolute atomic E-state index is 0.0798. The van der Waals surface area contributed by atoms with Crippen molar-refractivity contribution in [3.05, 3.63) is 47.4 Å². The maximum absolute atomic E-state index is 5.31. The lowest BCUT2D eigenvalue weighted by molar-refractivity contribution is 0.181. The number of ether oxygens (including phenoxy) is 1. The normalized spacial score (nSPS) is 15.8. The van der Waals surface area contributed by atoms with Gasteiger partial charge in [-0.15, -0.1) is 0 Å². The number of hydrogen-bond donors (Lipinski definition) is 1. The molecular weight excluding hydrogens is 336 g/mol. The van der Waals surface area contributed by atoms with E-state index in [0.29, 0.717) is 12.6 Å². The molecule has 3 rings (SSSR count). The van der Waals surface area contributed by atoms with Crippen LogP contribution in [0.3, 0.4) is 0 Å². The van der Waals surface area contributed by atoms with E-state index in [9.17, 15) is 0 Å². The Morgan fingerprint density at radius 3 is 2.52 bits per heavy atom. The van der Waals surface area contributed by atoms with Gasteiger partial charge in [0.15, 0.2) is 0 Å². The first-order valence-corrected chi connectivity index (χ1v) is 9.80. The van der Waals surface area contributed by atoms with E-state index in [1.54, 1.807) is 7.11 Å². The number of piperidine rings is 1. The number of methoxy groups -OCH3 is 1. The lowest BCUT2D eigenvalue weighted by Gasteiger charge is -2.34. The van der Waals surface area contributed by atoms with E-state index in [4.69, 9.17) is 14.7 Å². The highest BCUT2D eigenvalue weighted by molar-refractivity contribution is 5.47. The molecule has 0 radical (unpaired) electrons. The lowest BCUT2D eigenvalue weighted by Crippen LogP contribution is -2.40. The Kier molecular flexibility index (Phi) is 6.00. The van der Waals surface area contributed by atoms with Crippen LogP contribution in [0.15, 0.2) is 30.3 Å². The third-order valence-corrected chi connectivity index (χ3v) is 4.94. The molecule has 0 unspecified atom stereocenters. The quantitative estimate of drug-likeness (QED) is 0.852. The van der Waals surface area contributed by atoms with Gasteiger partial charge in [0, 0.05) is 43.4 Å². The Morgan fingerprint density at radius 2 is 1.89 bits per heavy atom. The molecule has 0 spiro atoms. The van der Waals surface area contributed by atoms with Gasteiger partial charge in [-0.3, -0.25) is 0 Å². The molecular formula is C22H32N4O. The Bertz CT molecular complexity index is 761. The first-order chi connectivity index (χ1) is 12.8. The summed E-state index contributed by atoms with van der Waals surface area (Å²) < 4.78 is 5.31. The van der Waals surface area contributed by atoms with Crippen molar-refractivity contribution in [3.63, 3.8) is 0 Å². The number of rotatable bonds is 5. The number of nitrogens with zero attached hydrogens (tertiary/aromatic N) is 3. The molecule has 2 aromatic rings. The molecule has 0 atom stereocenters. The Morgan fingerprint density at radius 1 is 1.15 bits per heavy atom. The molecule has 2 heterocycles. The molecule has 1 N–H and O–H groups in total. The minimum atomic E-state index is -0.0798. The highest BCUT2D eigenvalue weighted by atomic mass is 16.5. The van der Waals surface area contributed by atoms with Gasteiger partial charge in [-0.2, -0.15) is 0 Å². The standard InChI is InChI=1S/C22H32N4O/c1-16-7-6-8-18(13-16)23-17-9-11-26(12-10-17)20-14-19(15-27-5)24-21(25-20)22(2,3)4/h6-8,13-14,17,23H,9-12,15H2,1-5H3. The molecule has 27 heavy (non-hydrogen) atoms. The molecule has 1 saturated heterocycles. The Labute approximate surface area is 163 Å². The van der Waals surface area contributed by atoms with Crippen molar-refractivity contribution in [2.24, 2.45) is 0 Å². The molecule has 0 amide bonds. The van der Waals surface area contributed by atoms with Gasteiger partial charge in [-0.25, -0.2) is 9.97 Å². The maximum atomic E-state index is 5.31. The average molecular weight is 369 g/mol. The third-order valence-electron chi connectivity index (χ3n) is 4.94. The van der Waals surface area contributed by atoms with E-state index >= 15 is 0 Å². The van der Waals surface area contributed by atoms with Gasteiger partial charge in [-0.1, -0.05) is 32.9 Å². The second-order valence-electron chi connectivity index (χ2n) is 8.50. The maximum Gasteiger partial charge on any atom is 0.136 e. The topological polar surface area (TPSA) is 50.3 Å². The van der Waals surface area contributed by atoms with Crippen molar-refractivity contribution in [2.45, 2.75) is 58.6 Å². The molecule has 5 heteroatoms. The van der Waals surface area contributed by atoms with Gasteiger partial charge in [-0.05, 0) is 37.5 Å². The van der Waals surface area contributed by atoms with Crippen molar-refractivity contribution in [2.75, 3.05) is 30.4 Å². The number of hydrogen-bond acceptors (Lipinski definition) is 5. The van der Waals surface area contributed by atoms with Crippen LogP contribution in [0.5, 0.6) is 0 Å². The van der Waals surface area contributed by atoms with Crippen molar-refractivity contribution in [1.82, 2.24) is 9.97 Å². The zero-order chi connectivity index (χ0) is 19.4. The van der Waals surface area contributed by atoms with Gasteiger partial charge in [0.1, 0.15) is 11.6 Å². The number of aryl methyl sites for hydroxylation is 1. The summed E-state index contributed by atoms with van der Waals surface area (Å²) in [6.07, 6.45) is 2.20. The van der Waals surface area contributed by atoms with E-state index in [1.807, 2.05) is 0 Å². The molecule has 1 aromatic carbocycles. The van der Waals surface area contributed by atoms with Crippen LogP contribution in [0.2, 0.25) is 0 Å². The summed E-state index contributed by atoms with van der Waals surface area (Å²) in [5, 5.41) is 3.68. The van der Waals surface area contributed by atoms with E-state index in [0.717, 1.165) is 43.3 Å². The Hall–Kier alpha value is -2.14. The van der Waals surface area contributed by atoms with Crippen LogP contribution in [0.1, 0.15) is 50.7 Å². The summed E-state index contributed by atoms with van der Waals surface area (Å²) in [6, 6.07) is 11.2. The van der Waals surface area contributed by atoms with Crippen molar-refractivity contribution in [1.29, 1.82) is 0 Å². The molecule has 1 aliphatic rings. The van der Waals surface area contributed by atoms with Crippen molar-refractivity contribution < 1.29 is 4.74 Å². The van der Waals surface area contributed by atoms with Gasteiger partial charge in [0.25, 0.3) is 0 Å². The first-order valence-electron chi connectivity index (χ1n) is 9.80. The van der Waals surface area contributed by atoms with E-state index in [-0.39, 0.29) is 5.41 Å². The zero-order valence-corrected chi connectivity index (χ0v) is 17.2. The number of aromatic nitrogens is 2. The molecule has 146 valence electrons. The van der Waals surface area contributed by atoms with Crippen LogP contribution in [0.25, 0.3) is 0 Å². The monoisotopic (exact) mass is 368 g/mol. The molecule has 0 saturated carbocycles. The second kappa shape index (κ2) is 8.26. The lowest BCUT2D eigenvalue weighted by atomic mass is 9.95. The van der Waals surface area contributed by atoms with Crippen molar-refractivity contribution in [3.8, 4) is 0 Å². The molecule has 1 aromatic heterocycles. The van der Waals surface area contributed by atoms with E-state index in [1.165, 1.54) is 11.3 Å². The van der Waals surface area contributed by atoms with Crippen LogP contribution in [-0.4, -0.2) is 36.2 Å². The zero-order valence-electron chi connectivity index (χ0n) is 17.2. The largest absolute Gasteiger partial charge is 0.382 e. The summed E-state index contributed by atoms with van der Waals surface area (Å²) in [4.78, 5) is 11.9. The fourth-order valence-electron chi connectivity index (χ4n) is 3.43. The SMILES string of the molecule is COCc1cc(N2CCC(Nc3cccc(C)c3)CC2)nc(C(C)(C)C)n1. The van der Waals surface area contributed by atoms with Crippen LogP contribution in [0, 0.1) is 6.92 Å². The average Bonchev–Trinajstić information content (AvgIpc) is 2.62. The van der Waals surface area contributed by atoms with Gasteiger partial charge < -0.3 is 15.0 Å². The minimum Gasteiger partial charge on any atom is -0.382 e. The fraction of sp³-hybridized carbons (Fsp3) is 0.545. The highest BCUT2D eigenvalue weighted by Gasteiger charge is 2.24. The van der Waals surface area contributed by atoms with Crippen LogP contribution >= 0.6 is 0 Å². The van der Waals surface area contributed by atoms with Gasteiger partial charge in [0.05, 0.1) is 12.3 Å². The van der Waals surface area contributed by atoms with Crippen LogP contribution < -0.4 is 10.2 Å². The summed E-state index contributed by atoms with van der Waals surface area (Å²) in [5.41, 5.74) is 3.38. The third kappa shape index (κ3) is 5.19. The molecule has 1 fully saturated rings. The fourth-order valence-corrected chi connectivity index (χ4v) is 3.43. The number of benzene rings is 1. The second-order valence-corrected chi connectivity index (χ2v) is 8.50. The predicted octanol–water partition coefficient (Wildman–Crippen LogP) is 4.31. The summed E-state index contributed by atoms with van der Waals surface area (Å²) in [6.45, 7) is 11.1. The summed E-state index contributed by atoms with van der Waals surface area (Å²) in [5.74, 6) is 1.91. The number of nitrogens with one attached hydrogen (secondary N) is 1. The molecule has 0 aliphatic carbocycles. The highest BCUT2D eigenvalue weighted by Crippen LogP contribution is 2.25. The smallest absolute Gasteiger partial charge is 0.136 e. The van der Waals surface area contributed by atoms with Gasteiger partial charge >= 0.3 is 0 Å². The van der Waals surface area contributed by atoms with Crippen LogP contribution in [0.4, 0.5) is 11.5 Å². The van der Waals surface area contributed by atoms with E-state index in [2.05, 4.69) is 68.2 Å². The van der Waals surface area contributed by atoms with Crippen molar-refractivity contribution >= 4 is 11.5 Å². The number of anilines is 2. The van der Waals surface area contributed by atoms with E-state index < -0.39 is 0 Å². The molecule has 5 nitrogen and oxygen atoms in total. The molecule has 0 bridgehead atoms. The predicted molar refractivity (Wildman–Crippen MR) is 111 cm³/mol. The Balaban J connectivity index is 1.69. The summed E-state index contributed by atoms with van der Waals surface area (Å²) >= 11 is 0. The molecule has 1 aliphatic heterocycles. The van der Waals surface area contributed by atoms with Gasteiger partial charge in [0.2, 0.25) is 0 Å². The summed E-state index contributed by atoms with van der Waals surface area (Å²) in [7, 11) is 1.71. The first kappa shape index (κ1) is 19.6. The van der Waals surface area contributed by atoms with Crippen LogP contribution in [-0.2, 0) is 16.8 Å².